The predicted octanol–water partition coefficient (Wildman–Crippen LogP) is 5.89. The van der Waals surface area contributed by atoms with Gasteiger partial charge in [0.1, 0.15) is 11.5 Å². The maximum absolute atomic E-state index is 13.2. The molecule has 0 radical (unpaired) electrons. The largest absolute Gasteiger partial charge is 0.321 e. The highest BCUT2D eigenvalue weighted by Gasteiger charge is 2.15. The van der Waals surface area contributed by atoms with E-state index in [0.29, 0.717) is 11.3 Å². The molecule has 3 aromatic carbocycles. The maximum atomic E-state index is 13.2. The quantitative estimate of drug-likeness (QED) is 0.438. The number of carbonyl (C=O) groups excluding carboxylic acids is 2. The molecular weight excluding hydrogens is 403 g/mol. The third-order valence-corrected chi connectivity index (χ3v) is 5.02. The lowest BCUT2D eigenvalue weighted by molar-refractivity contribution is -0.113. The van der Waals surface area contributed by atoms with Gasteiger partial charge in [0.05, 0.1) is 0 Å². The van der Waals surface area contributed by atoms with E-state index in [0.717, 1.165) is 30.4 Å². The first-order valence-electron chi connectivity index (χ1n) is 10.7. The van der Waals surface area contributed by atoms with E-state index in [1.165, 1.54) is 29.8 Å². The van der Waals surface area contributed by atoms with Crippen LogP contribution in [-0.4, -0.2) is 11.8 Å². The molecule has 0 aliphatic heterocycles. The minimum atomic E-state index is -0.495. The van der Waals surface area contributed by atoms with Crippen molar-refractivity contribution in [2.24, 2.45) is 0 Å². The van der Waals surface area contributed by atoms with Crippen LogP contribution in [0.5, 0.6) is 0 Å². The Balaban J connectivity index is 1.81. The predicted molar refractivity (Wildman–Crippen MR) is 127 cm³/mol. The molecule has 2 N–H and O–H groups in total. The molecule has 0 aromatic heterocycles. The van der Waals surface area contributed by atoms with E-state index >= 15 is 0 Å². The van der Waals surface area contributed by atoms with Crippen LogP contribution in [-0.2, 0) is 11.2 Å². The number of hydrogen-bond acceptors (Lipinski definition) is 2. The Morgan fingerprint density at radius 2 is 1.56 bits per heavy atom. The fourth-order valence-electron chi connectivity index (χ4n) is 3.12. The Hall–Kier alpha value is -3.73. The van der Waals surface area contributed by atoms with E-state index in [9.17, 15) is 14.0 Å². The first-order valence-corrected chi connectivity index (χ1v) is 10.7. The maximum Gasteiger partial charge on any atom is 0.272 e. The molecule has 0 spiro atoms. The van der Waals surface area contributed by atoms with Gasteiger partial charge in [0.15, 0.2) is 0 Å². The van der Waals surface area contributed by atoms with Gasteiger partial charge in [-0.2, -0.15) is 0 Å². The Morgan fingerprint density at radius 1 is 0.906 bits per heavy atom. The molecule has 164 valence electrons. The lowest BCUT2D eigenvalue weighted by atomic mass is 10.1. The summed E-state index contributed by atoms with van der Waals surface area (Å²) in [6, 6.07) is 20.5. The van der Waals surface area contributed by atoms with E-state index in [-0.39, 0.29) is 11.6 Å². The summed E-state index contributed by atoms with van der Waals surface area (Å²) in [6.07, 6.45) is 4.79. The van der Waals surface area contributed by atoms with Gasteiger partial charge in [-0.1, -0.05) is 55.3 Å². The van der Waals surface area contributed by atoms with Crippen LogP contribution in [0.3, 0.4) is 0 Å². The highest BCUT2D eigenvalue weighted by atomic mass is 19.1. The summed E-state index contributed by atoms with van der Waals surface area (Å²) >= 11 is 0. The number of benzene rings is 3. The van der Waals surface area contributed by atoms with Gasteiger partial charge in [-0.05, 0) is 73.4 Å². The lowest BCUT2D eigenvalue weighted by Crippen LogP contribution is -2.30. The average Bonchev–Trinajstić information content (AvgIpc) is 2.80. The van der Waals surface area contributed by atoms with Crippen molar-refractivity contribution in [3.63, 3.8) is 0 Å². The van der Waals surface area contributed by atoms with Gasteiger partial charge in [0, 0.05) is 11.3 Å². The number of halogens is 1. The third-order valence-electron chi connectivity index (χ3n) is 5.02. The highest BCUT2D eigenvalue weighted by Crippen LogP contribution is 2.14. The molecule has 0 saturated heterocycles. The van der Waals surface area contributed by atoms with Crippen LogP contribution >= 0.6 is 0 Å². The molecule has 0 bridgehead atoms. The van der Waals surface area contributed by atoms with E-state index < -0.39 is 11.7 Å². The summed E-state index contributed by atoms with van der Waals surface area (Å²) in [6.45, 7) is 4.11. The van der Waals surface area contributed by atoms with Crippen molar-refractivity contribution in [1.29, 1.82) is 0 Å². The zero-order valence-corrected chi connectivity index (χ0v) is 18.3. The summed E-state index contributed by atoms with van der Waals surface area (Å²) in [7, 11) is 0. The molecule has 3 aromatic rings. The molecular formula is C27H27FN2O2. The molecule has 0 heterocycles. The Labute approximate surface area is 188 Å². The van der Waals surface area contributed by atoms with Crippen LogP contribution in [0.2, 0.25) is 0 Å². The first-order chi connectivity index (χ1) is 15.4. The van der Waals surface area contributed by atoms with Crippen LogP contribution in [0.15, 0.2) is 78.5 Å². The number of unbranched alkanes of at least 4 members (excludes halogenated alkanes) is 1. The van der Waals surface area contributed by atoms with E-state index in [4.69, 9.17) is 0 Å². The monoisotopic (exact) mass is 430 g/mol. The number of carbonyl (C=O) groups is 2. The number of rotatable bonds is 8. The van der Waals surface area contributed by atoms with E-state index in [1.54, 1.807) is 18.2 Å². The average molecular weight is 431 g/mol. The fourth-order valence-corrected chi connectivity index (χ4v) is 3.12. The van der Waals surface area contributed by atoms with Gasteiger partial charge in [-0.3, -0.25) is 9.59 Å². The summed E-state index contributed by atoms with van der Waals surface area (Å²) in [5.41, 5.74) is 4.03. The lowest BCUT2D eigenvalue weighted by Gasteiger charge is -2.12. The molecule has 4 nitrogen and oxygen atoms in total. The molecule has 3 rings (SSSR count). The van der Waals surface area contributed by atoms with Gasteiger partial charge in [0.25, 0.3) is 11.8 Å². The molecule has 32 heavy (non-hydrogen) atoms. The van der Waals surface area contributed by atoms with Crippen molar-refractivity contribution in [3.05, 3.63) is 107 Å². The summed E-state index contributed by atoms with van der Waals surface area (Å²) in [4.78, 5) is 25.8. The van der Waals surface area contributed by atoms with Crippen molar-refractivity contribution in [2.45, 2.75) is 33.1 Å². The molecule has 0 aliphatic carbocycles. The third kappa shape index (κ3) is 6.64. The normalized spacial score (nSPS) is 11.2. The van der Waals surface area contributed by atoms with Gasteiger partial charge in [-0.25, -0.2) is 4.39 Å². The second-order valence-corrected chi connectivity index (χ2v) is 7.68. The van der Waals surface area contributed by atoms with Crippen LogP contribution < -0.4 is 10.6 Å². The van der Waals surface area contributed by atoms with Crippen molar-refractivity contribution < 1.29 is 14.0 Å². The fraction of sp³-hybridized carbons (Fsp3) is 0.185. The number of amides is 2. The summed E-state index contributed by atoms with van der Waals surface area (Å²) in [5, 5.41) is 5.43. The molecule has 2 amide bonds. The topological polar surface area (TPSA) is 58.2 Å². The smallest absolute Gasteiger partial charge is 0.272 e. The molecule has 0 fully saturated rings. The van der Waals surface area contributed by atoms with Crippen molar-refractivity contribution in [3.8, 4) is 0 Å². The van der Waals surface area contributed by atoms with Gasteiger partial charge < -0.3 is 10.6 Å². The molecule has 0 aliphatic rings. The first kappa shape index (κ1) is 22.9. The second kappa shape index (κ2) is 11.0. The van der Waals surface area contributed by atoms with Crippen molar-refractivity contribution >= 4 is 23.6 Å². The van der Waals surface area contributed by atoms with Crippen LogP contribution in [0.1, 0.15) is 46.8 Å². The van der Waals surface area contributed by atoms with Crippen molar-refractivity contribution in [2.75, 3.05) is 5.32 Å². The second-order valence-electron chi connectivity index (χ2n) is 7.68. The zero-order chi connectivity index (χ0) is 22.9. The zero-order valence-electron chi connectivity index (χ0n) is 18.3. The van der Waals surface area contributed by atoms with Crippen LogP contribution in [0, 0.1) is 12.7 Å². The van der Waals surface area contributed by atoms with E-state index in [2.05, 4.69) is 17.6 Å². The highest BCUT2D eigenvalue weighted by molar-refractivity contribution is 6.10. The number of nitrogens with one attached hydrogen (secondary N) is 2. The number of hydrogen-bond donors (Lipinski definition) is 2. The molecule has 0 atom stereocenters. The van der Waals surface area contributed by atoms with E-state index in [1.807, 2.05) is 43.3 Å². The summed E-state index contributed by atoms with van der Waals surface area (Å²) < 4.78 is 13.2. The Morgan fingerprint density at radius 3 is 2.19 bits per heavy atom. The minimum absolute atomic E-state index is 0.0956. The standard InChI is InChI=1S/C27H27FN2O2/c1-3-4-5-20-10-12-22(13-11-20)26(31)30-25(18-21-8-6-19(2)7-9-21)27(32)29-24-16-14-23(28)15-17-24/h6-18H,3-5H2,1-2H3,(H,29,32)(H,30,31). The Bertz CT molecular complexity index is 1090. The van der Waals surface area contributed by atoms with Crippen LogP contribution in [0.4, 0.5) is 10.1 Å². The Kier molecular flexibility index (Phi) is 7.92. The molecule has 0 saturated carbocycles. The summed E-state index contributed by atoms with van der Waals surface area (Å²) in [5.74, 6) is -1.26. The minimum Gasteiger partial charge on any atom is -0.321 e. The SMILES string of the molecule is CCCCc1ccc(C(=O)NC(=Cc2ccc(C)cc2)C(=O)Nc2ccc(F)cc2)cc1. The van der Waals surface area contributed by atoms with Gasteiger partial charge in [0.2, 0.25) is 0 Å². The van der Waals surface area contributed by atoms with Gasteiger partial charge >= 0.3 is 0 Å². The molecule has 5 heteroatoms. The van der Waals surface area contributed by atoms with Crippen LogP contribution in [0.25, 0.3) is 6.08 Å². The van der Waals surface area contributed by atoms with Crippen molar-refractivity contribution in [1.82, 2.24) is 5.32 Å². The number of aryl methyl sites for hydroxylation is 2. The number of anilines is 1. The molecule has 0 unspecified atom stereocenters. The van der Waals surface area contributed by atoms with Gasteiger partial charge in [-0.15, -0.1) is 0 Å².